The SMILES string of the molecule is CCCCCC(CC)CC(CC)N=Cc1c(O)n(C2CC2)c(=S)[nH]c1=O. The third kappa shape index (κ3) is 5.53. The fraction of sp³-hybridized carbons (Fsp3) is 0.750. The fourth-order valence-electron chi connectivity index (χ4n) is 3.41. The van der Waals surface area contributed by atoms with Gasteiger partial charge in [0.2, 0.25) is 5.88 Å². The molecule has 0 aromatic carbocycles. The Bertz CT molecular complexity index is 719. The van der Waals surface area contributed by atoms with Crippen LogP contribution in [0.25, 0.3) is 0 Å². The Labute approximate surface area is 161 Å². The Morgan fingerprint density at radius 2 is 2.04 bits per heavy atom. The quantitative estimate of drug-likeness (QED) is 0.318. The molecule has 0 amide bonds. The zero-order chi connectivity index (χ0) is 19.1. The van der Waals surface area contributed by atoms with Crippen molar-refractivity contribution < 1.29 is 5.11 Å². The minimum atomic E-state index is -0.363. The predicted octanol–water partition coefficient (Wildman–Crippen LogP) is 5.14. The molecule has 0 saturated heterocycles. The van der Waals surface area contributed by atoms with Gasteiger partial charge in [0, 0.05) is 18.3 Å². The molecule has 0 spiro atoms. The lowest BCUT2D eigenvalue weighted by Crippen LogP contribution is -2.19. The van der Waals surface area contributed by atoms with Crippen LogP contribution in [-0.4, -0.2) is 26.9 Å². The Hall–Kier alpha value is -1.43. The van der Waals surface area contributed by atoms with Crippen LogP contribution in [0.2, 0.25) is 0 Å². The smallest absolute Gasteiger partial charge is 0.264 e. The van der Waals surface area contributed by atoms with Gasteiger partial charge >= 0.3 is 0 Å². The number of aromatic amines is 1. The van der Waals surface area contributed by atoms with E-state index in [-0.39, 0.29) is 29.1 Å². The maximum atomic E-state index is 12.2. The molecular weight excluding hydrogens is 346 g/mol. The Morgan fingerprint density at radius 3 is 2.62 bits per heavy atom. The van der Waals surface area contributed by atoms with E-state index >= 15 is 0 Å². The summed E-state index contributed by atoms with van der Waals surface area (Å²) in [5, 5.41) is 10.5. The number of nitrogens with zero attached hydrogens (tertiary/aromatic N) is 2. The van der Waals surface area contributed by atoms with E-state index in [1.807, 2.05) is 0 Å². The van der Waals surface area contributed by atoms with Crippen LogP contribution < -0.4 is 5.56 Å². The van der Waals surface area contributed by atoms with E-state index in [0.29, 0.717) is 10.7 Å². The summed E-state index contributed by atoms with van der Waals surface area (Å²) in [6, 6.07) is 0.384. The largest absolute Gasteiger partial charge is 0.494 e. The van der Waals surface area contributed by atoms with Crippen molar-refractivity contribution in [3.8, 4) is 5.88 Å². The molecule has 0 bridgehead atoms. The van der Waals surface area contributed by atoms with E-state index in [9.17, 15) is 9.90 Å². The molecule has 6 heteroatoms. The van der Waals surface area contributed by atoms with Crippen molar-refractivity contribution in [3.05, 3.63) is 20.7 Å². The number of hydrogen-bond donors (Lipinski definition) is 2. The van der Waals surface area contributed by atoms with Gasteiger partial charge in [-0.25, -0.2) is 0 Å². The highest BCUT2D eigenvalue weighted by molar-refractivity contribution is 7.71. The molecule has 1 heterocycles. The van der Waals surface area contributed by atoms with Gasteiger partial charge < -0.3 is 5.11 Å². The monoisotopic (exact) mass is 379 g/mol. The van der Waals surface area contributed by atoms with Gasteiger partial charge in [0.15, 0.2) is 4.77 Å². The summed E-state index contributed by atoms with van der Waals surface area (Å²) in [5.41, 5.74) is -0.138. The Morgan fingerprint density at radius 1 is 1.31 bits per heavy atom. The molecule has 1 aliphatic rings. The van der Waals surface area contributed by atoms with Gasteiger partial charge in [-0.2, -0.15) is 0 Å². The van der Waals surface area contributed by atoms with Crippen LogP contribution in [0.5, 0.6) is 5.88 Å². The minimum Gasteiger partial charge on any atom is -0.494 e. The van der Waals surface area contributed by atoms with Crippen LogP contribution in [0.4, 0.5) is 0 Å². The molecule has 2 atom stereocenters. The molecule has 146 valence electrons. The number of hydrogen-bond acceptors (Lipinski definition) is 4. The van der Waals surface area contributed by atoms with Gasteiger partial charge in [-0.05, 0) is 43.8 Å². The van der Waals surface area contributed by atoms with Gasteiger partial charge in [0.1, 0.15) is 5.56 Å². The summed E-state index contributed by atoms with van der Waals surface area (Å²) >= 11 is 5.19. The highest BCUT2D eigenvalue weighted by Crippen LogP contribution is 2.37. The number of H-pyrrole nitrogens is 1. The lowest BCUT2D eigenvalue weighted by atomic mass is 9.91. The van der Waals surface area contributed by atoms with Crippen molar-refractivity contribution in [3.63, 3.8) is 0 Å². The normalized spacial score (nSPS) is 16.9. The van der Waals surface area contributed by atoms with Crippen molar-refractivity contribution in [1.29, 1.82) is 0 Å². The van der Waals surface area contributed by atoms with Gasteiger partial charge in [0.25, 0.3) is 5.56 Å². The van der Waals surface area contributed by atoms with Crippen molar-refractivity contribution in [2.45, 2.75) is 90.6 Å². The van der Waals surface area contributed by atoms with Crippen molar-refractivity contribution >= 4 is 18.4 Å². The molecule has 2 unspecified atom stereocenters. The lowest BCUT2D eigenvalue weighted by Gasteiger charge is -2.19. The summed E-state index contributed by atoms with van der Waals surface area (Å²) in [5.74, 6) is 0.622. The van der Waals surface area contributed by atoms with E-state index in [1.54, 1.807) is 10.8 Å². The average molecular weight is 380 g/mol. The summed E-state index contributed by atoms with van der Waals surface area (Å²) in [6.45, 7) is 6.60. The molecular formula is C20H33N3O2S. The zero-order valence-electron chi connectivity index (χ0n) is 16.3. The van der Waals surface area contributed by atoms with Crippen molar-refractivity contribution in [2.75, 3.05) is 0 Å². The van der Waals surface area contributed by atoms with Crippen LogP contribution in [0.3, 0.4) is 0 Å². The third-order valence-corrected chi connectivity index (χ3v) is 5.65. The van der Waals surface area contributed by atoms with E-state index in [4.69, 9.17) is 12.2 Å². The Kier molecular flexibility index (Phi) is 8.07. The second-order valence-corrected chi connectivity index (χ2v) is 7.83. The number of rotatable bonds is 11. The number of aromatic hydroxyl groups is 1. The second kappa shape index (κ2) is 10.0. The van der Waals surface area contributed by atoms with Crippen LogP contribution in [0, 0.1) is 10.7 Å². The number of aromatic nitrogens is 2. The number of unbranched alkanes of at least 4 members (excludes halogenated alkanes) is 2. The highest BCUT2D eigenvalue weighted by Gasteiger charge is 2.27. The van der Waals surface area contributed by atoms with Crippen LogP contribution >= 0.6 is 12.2 Å². The molecule has 2 N–H and O–H groups in total. The first-order valence-corrected chi connectivity index (χ1v) is 10.5. The third-order valence-electron chi connectivity index (χ3n) is 5.35. The van der Waals surface area contributed by atoms with Crippen LogP contribution in [0.15, 0.2) is 9.79 Å². The minimum absolute atomic E-state index is 0.0464. The molecule has 5 nitrogen and oxygen atoms in total. The molecule has 1 aromatic heterocycles. The first-order chi connectivity index (χ1) is 12.5. The molecule has 0 radical (unpaired) electrons. The summed E-state index contributed by atoms with van der Waals surface area (Å²) in [6.07, 6.45) is 11.7. The zero-order valence-corrected chi connectivity index (χ0v) is 17.1. The van der Waals surface area contributed by atoms with E-state index in [2.05, 4.69) is 30.7 Å². The summed E-state index contributed by atoms with van der Waals surface area (Å²) in [4.78, 5) is 19.5. The molecule has 1 fully saturated rings. The Balaban J connectivity index is 2.12. The van der Waals surface area contributed by atoms with Crippen LogP contribution in [0.1, 0.15) is 90.2 Å². The topological polar surface area (TPSA) is 70.4 Å². The first-order valence-electron chi connectivity index (χ1n) is 10.1. The molecule has 1 aliphatic carbocycles. The maximum Gasteiger partial charge on any atom is 0.264 e. The molecule has 1 aromatic rings. The standard InChI is InChI=1S/C20H33N3O2S/c1-4-7-8-9-14(5-2)12-15(6-3)21-13-17-18(24)22-20(26)23(19(17)25)16-10-11-16/h13-16,25H,4-12H2,1-3H3,(H,22,24,26). The maximum absolute atomic E-state index is 12.2. The number of nitrogens with one attached hydrogen (secondary N) is 1. The fourth-order valence-corrected chi connectivity index (χ4v) is 3.74. The average Bonchev–Trinajstić information content (AvgIpc) is 3.43. The molecule has 26 heavy (non-hydrogen) atoms. The second-order valence-electron chi connectivity index (χ2n) is 7.44. The molecule has 0 aliphatic heterocycles. The highest BCUT2D eigenvalue weighted by atomic mass is 32.1. The van der Waals surface area contributed by atoms with Gasteiger partial charge in [-0.15, -0.1) is 0 Å². The van der Waals surface area contributed by atoms with Gasteiger partial charge in [0.05, 0.1) is 0 Å². The lowest BCUT2D eigenvalue weighted by molar-refractivity contribution is 0.378. The summed E-state index contributed by atoms with van der Waals surface area (Å²) in [7, 11) is 0. The molecule has 2 rings (SSSR count). The summed E-state index contributed by atoms with van der Waals surface area (Å²) < 4.78 is 1.94. The van der Waals surface area contributed by atoms with Gasteiger partial charge in [-0.3, -0.25) is 19.3 Å². The van der Waals surface area contributed by atoms with Crippen molar-refractivity contribution in [2.24, 2.45) is 10.9 Å². The first kappa shape index (κ1) is 20.9. The van der Waals surface area contributed by atoms with Gasteiger partial charge in [-0.1, -0.05) is 52.9 Å². The number of aliphatic imine (C=N–C) groups is 1. The van der Waals surface area contributed by atoms with E-state index < -0.39 is 0 Å². The molecule has 1 saturated carbocycles. The van der Waals surface area contributed by atoms with E-state index in [1.165, 1.54) is 25.7 Å². The van der Waals surface area contributed by atoms with Crippen molar-refractivity contribution in [1.82, 2.24) is 9.55 Å². The van der Waals surface area contributed by atoms with Crippen LogP contribution in [-0.2, 0) is 0 Å². The van der Waals surface area contributed by atoms with E-state index in [0.717, 1.165) is 32.1 Å². The predicted molar refractivity (Wildman–Crippen MR) is 110 cm³/mol.